The number of hydrogen-bond acceptors (Lipinski definition) is 4. The van der Waals surface area contributed by atoms with Crippen molar-refractivity contribution < 1.29 is 4.79 Å². The summed E-state index contributed by atoms with van der Waals surface area (Å²) in [6, 6.07) is 3.78. The number of anilines is 1. The summed E-state index contributed by atoms with van der Waals surface area (Å²) < 4.78 is 0. The van der Waals surface area contributed by atoms with Crippen molar-refractivity contribution in [2.45, 2.75) is 53.0 Å². The molecular formula is C17H28N4O. The molecule has 1 saturated heterocycles. The second-order valence-corrected chi connectivity index (χ2v) is 6.96. The molecule has 0 atom stereocenters. The SMILES string of the molecule is CC(C)CC1CCN(c2ccc(C(=O)NC(C)C)nn2)CC1. The normalized spacial score (nSPS) is 16.4. The van der Waals surface area contributed by atoms with Gasteiger partial charge in [-0.15, -0.1) is 10.2 Å². The second kappa shape index (κ2) is 7.56. The monoisotopic (exact) mass is 304 g/mol. The van der Waals surface area contributed by atoms with Crippen LogP contribution in [0.2, 0.25) is 0 Å². The van der Waals surface area contributed by atoms with Crippen molar-refractivity contribution >= 4 is 11.7 Å². The Morgan fingerprint density at radius 3 is 2.41 bits per heavy atom. The van der Waals surface area contributed by atoms with Crippen molar-refractivity contribution in [2.75, 3.05) is 18.0 Å². The maximum absolute atomic E-state index is 11.9. The Bertz CT molecular complexity index is 476. The van der Waals surface area contributed by atoms with Crippen molar-refractivity contribution in [2.24, 2.45) is 11.8 Å². The van der Waals surface area contributed by atoms with E-state index in [4.69, 9.17) is 0 Å². The van der Waals surface area contributed by atoms with Crippen molar-refractivity contribution in [1.82, 2.24) is 15.5 Å². The molecule has 2 rings (SSSR count). The highest BCUT2D eigenvalue weighted by Crippen LogP contribution is 2.26. The lowest BCUT2D eigenvalue weighted by atomic mass is 9.89. The number of aromatic nitrogens is 2. The van der Waals surface area contributed by atoms with Crippen LogP contribution in [0, 0.1) is 11.8 Å². The van der Waals surface area contributed by atoms with Gasteiger partial charge in [-0.3, -0.25) is 4.79 Å². The zero-order valence-electron chi connectivity index (χ0n) is 14.2. The fourth-order valence-electron chi connectivity index (χ4n) is 3.02. The molecule has 1 aliphatic heterocycles. The minimum absolute atomic E-state index is 0.106. The van der Waals surface area contributed by atoms with Gasteiger partial charge in [0.05, 0.1) is 0 Å². The first-order valence-corrected chi connectivity index (χ1v) is 8.35. The number of amides is 1. The molecule has 0 spiro atoms. The number of nitrogens with zero attached hydrogens (tertiary/aromatic N) is 3. The van der Waals surface area contributed by atoms with E-state index in [-0.39, 0.29) is 11.9 Å². The van der Waals surface area contributed by atoms with Gasteiger partial charge in [0.1, 0.15) is 0 Å². The minimum Gasteiger partial charge on any atom is -0.355 e. The largest absolute Gasteiger partial charge is 0.355 e. The Morgan fingerprint density at radius 2 is 1.91 bits per heavy atom. The van der Waals surface area contributed by atoms with Gasteiger partial charge in [-0.05, 0) is 57.1 Å². The molecule has 0 bridgehead atoms. The van der Waals surface area contributed by atoms with Crippen LogP contribution < -0.4 is 10.2 Å². The average molecular weight is 304 g/mol. The summed E-state index contributed by atoms with van der Waals surface area (Å²) >= 11 is 0. The Hall–Kier alpha value is -1.65. The van der Waals surface area contributed by atoms with E-state index in [0.29, 0.717) is 5.69 Å². The number of piperidine rings is 1. The first kappa shape index (κ1) is 16.7. The average Bonchev–Trinajstić information content (AvgIpc) is 2.47. The molecular weight excluding hydrogens is 276 g/mol. The van der Waals surface area contributed by atoms with Gasteiger partial charge in [0.2, 0.25) is 0 Å². The minimum atomic E-state index is -0.162. The van der Waals surface area contributed by atoms with Gasteiger partial charge in [0.25, 0.3) is 5.91 Å². The Morgan fingerprint density at radius 1 is 1.23 bits per heavy atom. The molecule has 1 N–H and O–H groups in total. The predicted octanol–water partition coefficient (Wildman–Crippen LogP) is 2.88. The lowest BCUT2D eigenvalue weighted by molar-refractivity contribution is 0.0937. The van der Waals surface area contributed by atoms with Crippen LogP contribution in [0.1, 0.15) is 57.4 Å². The van der Waals surface area contributed by atoms with E-state index in [9.17, 15) is 4.79 Å². The Labute approximate surface area is 133 Å². The smallest absolute Gasteiger partial charge is 0.271 e. The quantitative estimate of drug-likeness (QED) is 0.908. The maximum Gasteiger partial charge on any atom is 0.271 e. The highest BCUT2D eigenvalue weighted by Gasteiger charge is 2.21. The molecule has 0 unspecified atom stereocenters. The standard InChI is InChI=1S/C17H28N4O/c1-12(2)11-14-7-9-21(10-8-14)16-6-5-15(19-20-16)17(22)18-13(3)4/h5-6,12-14H,7-11H2,1-4H3,(H,18,22). The number of rotatable bonds is 5. The van der Waals surface area contributed by atoms with E-state index in [2.05, 4.69) is 34.3 Å². The van der Waals surface area contributed by atoms with Crippen molar-refractivity contribution in [3.63, 3.8) is 0 Å². The molecule has 22 heavy (non-hydrogen) atoms. The van der Waals surface area contributed by atoms with Crippen molar-refractivity contribution in [3.8, 4) is 0 Å². The molecule has 1 aromatic rings. The van der Waals surface area contributed by atoms with E-state index in [1.54, 1.807) is 6.07 Å². The third-order valence-electron chi connectivity index (χ3n) is 4.05. The van der Waals surface area contributed by atoms with Gasteiger partial charge in [-0.1, -0.05) is 13.8 Å². The fraction of sp³-hybridized carbons (Fsp3) is 0.706. The highest BCUT2D eigenvalue weighted by atomic mass is 16.2. The summed E-state index contributed by atoms with van der Waals surface area (Å²) in [5.74, 6) is 2.32. The molecule has 5 nitrogen and oxygen atoms in total. The molecule has 122 valence electrons. The zero-order valence-corrected chi connectivity index (χ0v) is 14.2. The zero-order chi connectivity index (χ0) is 16.1. The summed E-state index contributed by atoms with van der Waals surface area (Å²) in [4.78, 5) is 14.1. The van der Waals surface area contributed by atoms with E-state index >= 15 is 0 Å². The van der Waals surface area contributed by atoms with Crippen LogP contribution in [-0.2, 0) is 0 Å². The van der Waals surface area contributed by atoms with Crippen molar-refractivity contribution in [1.29, 1.82) is 0 Å². The summed E-state index contributed by atoms with van der Waals surface area (Å²) in [6.07, 6.45) is 3.75. The number of hydrogen-bond donors (Lipinski definition) is 1. The van der Waals surface area contributed by atoms with Crippen LogP contribution in [0.15, 0.2) is 12.1 Å². The summed E-state index contributed by atoms with van der Waals surface area (Å²) in [5.41, 5.74) is 0.382. The van der Waals surface area contributed by atoms with Gasteiger partial charge < -0.3 is 10.2 Å². The summed E-state index contributed by atoms with van der Waals surface area (Å²) in [7, 11) is 0. The highest BCUT2D eigenvalue weighted by molar-refractivity contribution is 5.92. The Balaban J connectivity index is 1.90. The molecule has 2 heterocycles. The van der Waals surface area contributed by atoms with E-state index in [1.807, 2.05) is 19.9 Å². The van der Waals surface area contributed by atoms with Gasteiger partial charge in [0.15, 0.2) is 11.5 Å². The lowest BCUT2D eigenvalue weighted by Gasteiger charge is -2.33. The molecule has 0 aliphatic carbocycles. The van der Waals surface area contributed by atoms with Gasteiger partial charge >= 0.3 is 0 Å². The first-order valence-electron chi connectivity index (χ1n) is 8.35. The third-order valence-corrected chi connectivity index (χ3v) is 4.05. The molecule has 0 saturated carbocycles. The topological polar surface area (TPSA) is 58.1 Å². The van der Waals surface area contributed by atoms with Crippen LogP contribution in [0.5, 0.6) is 0 Å². The summed E-state index contributed by atoms with van der Waals surface area (Å²) in [6.45, 7) is 10.5. The number of nitrogens with one attached hydrogen (secondary N) is 1. The molecule has 0 aromatic carbocycles. The molecule has 0 radical (unpaired) electrons. The molecule has 1 aromatic heterocycles. The summed E-state index contributed by atoms with van der Waals surface area (Å²) in [5, 5.41) is 11.1. The first-order chi connectivity index (χ1) is 10.5. The third kappa shape index (κ3) is 4.68. The molecule has 5 heteroatoms. The van der Waals surface area contributed by atoms with E-state index in [1.165, 1.54) is 19.3 Å². The van der Waals surface area contributed by atoms with E-state index < -0.39 is 0 Å². The predicted molar refractivity (Wildman–Crippen MR) is 89.0 cm³/mol. The molecule has 1 fully saturated rings. The fourth-order valence-corrected chi connectivity index (χ4v) is 3.02. The van der Waals surface area contributed by atoms with Gasteiger partial charge in [0, 0.05) is 19.1 Å². The van der Waals surface area contributed by atoms with Crippen molar-refractivity contribution in [3.05, 3.63) is 17.8 Å². The molecule has 1 amide bonds. The second-order valence-electron chi connectivity index (χ2n) is 6.96. The van der Waals surface area contributed by atoms with Crippen LogP contribution in [0.3, 0.4) is 0 Å². The molecule has 1 aliphatic rings. The van der Waals surface area contributed by atoms with Crippen LogP contribution >= 0.6 is 0 Å². The van der Waals surface area contributed by atoms with E-state index in [0.717, 1.165) is 30.7 Å². The van der Waals surface area contributed by atoms with Gasteiger partial charge in [-0.2, -0.15) is 0 Å². The Kier molecular flexibility index (Phi) is 5.75. The van der Waals surface area contributed by atoms with Gasteiger partial charge in [-0.25, -0.2) is 0 Å². The van der Waals surface area contributed by atoms with Crippen LogP contribution in [0.25, 0.3) is 0 Å². The number of carbonyl (C=O) groups is 1. The number of carbonyl (C=O) groups excluding carboxylic acids is 1. The van der Waals surface area contributed by atoms with Crippen LogP contribution in [0.4, 0.5) is 5.82 Å². The lowest BCUT2D eigenvalue weighted by Crippen LogP contribution is -2.35. The maximum atomic E-state index is 11.9. The van der Waals surface area contributed by atoms with Crippen LogP contribution in [-0.4, -0.2) is 35.2 Å².